The number of methoxy groups -OCH3 is 1. The molecule has 1 aromatic carbocycles. The van der Waals surface area contributed by atoms with E-state index in [-0.39, 0.29) is 12.3 Å². The molecule has 110 valence electrons. The number of rotatable bonds is 6. The molecule has 0 spiro atoms. The Hall–Kier alpha value is -2.22. The summed E-state index contributed by atoms with van der Waals surface area (Å²) in [6.45, 7) is -0.906. The van der Waals surface area contributed by atoms with E-state index in [2.05, 4.69) is 10.1 Å². The summed E-state index contributed by atoms with van der Waals surface area (Å²) in [5, 5.41) is 11.4. The molecule has 0 heterocycles. The van der Waals surface area contributed by atoms with Crippen LogP contribution in [0.3, 0.4) is 0 Å². The number of hydrogen-bond acceptors (Lipinski definition) is 5. The maximum absolute atomic E-state index is 13.2. The van der Waals surface area contributed by atoms with Gasteiger partial charge in [0.05, 0.1) is 13.7 Å². The molecule has 2 N–H and O–H groups in total. The Balaban J connectivity index is 2.38. The van der Waals surface area contributed by atoms with Crippen LogP contribution in [0.4, 0.5) is 8.78 Å². The van der Waals surface area contributed by atoms with E-state index in [1.54, 1.807) is 0 Å². The van der Waals surface area contributed by atoms with Crippen molar-refractivity contribution >= 4 is 11.9 Å². The number of esters is 1. The van der Waals surface area contributed by atoms with Crippen molar-refractivity contribution in [3.63, 3.8) is 0 Å². The van der Waals surface area contributed by atoms with Crippen molar-refractivity contribution in [3.8, 4) is 5.75 Å². The number of aliphatic hydroxyl groups excluding tert-OH is 1. The molecule has 1 rings (SSSR count). The summed E-state index contributed by atoms with van der Waals surface area (Å²) in [6.07, 6.45) is -1.49. The first-order valence-corrected chi connectivity index (χ1v) is 5.54. The Morgan fingerprint density at radius 2 is 2.10 bits per heavy atom. The smallest absolute Gasteiger partial charge is 0.336 e. The third-order valence-electron chi connectivity index (χ3n) is 2.22. The minimum atomic E-state index is -1.49. The van der Waals surface area contributed by atoms with Gasteiger partial charge in [0.1, 0.15) is 5.82 Å². The minimum absolute atomic E-state index is 0.282. The highest BCUT2D eigenvalue weighted by Crippen LogP contribution is 2.17. The third kappa shape index (κ3) is 4.81. The molecular weight excluding hydrogens is 276 g/mol. The number of ether oxygens (including phenoxy) is 2. The van der Waals surface area contributed by atoms with Crippen LogP contribution < -0.4 is 10.1 Å². The fourth-order valence-corrected chi connectivity index (χ4v) is 1.22. The van der Waals surface area contributed by atoms with E-state index >= 15 is 0 Å². The summed E-state index contributed by atoms with van der Waals surface area (Å²) in [5.74, 6) is -3.56. The second-order valence-corrected chi connectivity index (χ2v) is 3.71. The van der Waals surface area contributed by atoms with Gasteiger partial charge in [-0.1, -0.05) is 0 Å². The van der Waals surface area contributed by atoms with Crippen LogP contribution in [0.25, 0.3) is 0 Å². The molecule has 0 saturated carbocycles. The lowest BCUT2D eigenvalue weighted by molar-refractivity contribution is -0.150. The highest BCUT2D eigenvalue weighted by atomic mass is 19.1. The zero-order valence-corrected chi connectivity index (χ0v) is 10.6. The minimum Gasteiger partial charge on any atom is -0.481 e. The topological polar surface area (TPSA) is 84.9 Å². The monoisotopic (exact) mass is 289 g/mol. The van der Waals surface area contributed by atoms with Gasteiger partial charge in [-0.3, -0.25) is 4.79 Å². The summed E-state index contributed by atoms with van der Waals surface area (Å²) >= 11 is 0. The number of carbonyl (C=O) groups excluding carboxylic acids is 2. The number of amides is 1. The van der Waals surface area contributed by atoms with Gasteiger partial charge in [0.2, 0.25) is 0 Å². The van der Waals surface area contributed by atoms with Gasteiger partial charge < -0.3 is 19.9 Å². The molecule has 20 heavy (non-hydrogen) atoms. The highest BCUT2D eigenvalue weighted by molar-refractivity contribution is 5.79. The standard InChI is InChI=1S/C12H13F2NO5/c1-19-12(18)9(16)5-15-11(17)6-20-10-3-2-7(13)4-8(10)14/h2-4,9,16H,5-6H2,1H3,(H,15,17). The molecular formula is C12H13F2NO5. The molecule has 6 nitrogen and oxygen atoms in total. The maximum Gasteiger partial charge on any atom is 0.336 e. The van der Waals surface area contributed by atoms with E-state index < -0.39 is 36.2 Å². The zero-order chi connectivity index (χ0) is 15.1. The first kappa shape index (κ1) is 15.8. The Morgan fingerprint density at radius 3 is 2.70 bits per heavy atom. The van der Waals surface area contributed by atoms with Crippen molar-refractivity contribution < 1.29 is 33.0 Å². The van der Waals surface area contributed by atoms with Crippen LogP contribution in [0.15, 0.2) is 18.2 Å². The van der Waals surface area contributed by atoms with Crippen LogP contribution in [0.5, 0.6) is 5.75 Å². The molecule has 0 radical (unpaired) electrons. The van der Waals surface area contributed by atoms with Crippen LogP contribution in [0.1, 0.15) is 0 Å². The Morgan fingerprint density at radius 1 is 1.40 bits per heavy atom. The van der Waals surface area contributed by atoms with Gasteiger partial charge in [0.25, 0.3) is 5.91 Å². The largest absolute Gasteiger partial charge is 0.481 e. The lowest BCUT2D eigenvalue weighted by Gasteiger charge is -2.10. The Labute approximate surface area is 113 Å². The van der Waals surface area contributed by atoms with E-state index in [1.165, 1.54) is 0 Å². The van der Waals surface area contributed by atoms with Crippen molar-refractivity contribution in [1.82, 2.24) is 5.32 Å². The van der Waals surface area contributed by atoms with Crippen LogP contribution in [0.2, 0.25) is 0 Å². The molecule has 0 aromatic heterocycles. The second-order valence-electron chi connectivity index (χ2n) is 3.71. The molecule has 0 saturated heterocycles. The van der Waals surface area contributed by atoms with Crippen molar-refractivity contribution in [2.24, 2.45) is 0 Å². The summed E-state index contributed by atoms with van der Waals surface area (Å²) < 4.78 is 34.9. The molecule has 0 aliphatic rings. The van der Waals surface area contributed by atoms with Gasteiger partial charge in [-0.15, -0.1) is 0 Å². The van der Waals surface area contributed by atoms with E-state index in [0.717, 1.165) is 19.2 Å². The first-order valence-electron chi connectivity index (χ1n) is 5.54. The van der Waals surface area contributed by atoms with Crippen LogP contribution >= 0.6 is 0 Å². The molecule has 1 atom stereocenters. The van der Waals surface area contributed by atoms with Gasteiger partial charge in [-0.05, 0) is 12.1 Å². The lowest BCUT2D eigenvalue weighted by atomic mass is 10.3. The van der Waals surface area contributed by atoms with Crippen molar-refractivity contribution in [2.75, 3.05) is 20.3 Å². The number of aliphatic hydroxyl groups is 1. The fraction of sp³-hybridized carbons (Fsp3) is 0.333. The molecule has 1 amide bonds. The number of benzene rings is 1. The molecule has 0 aliphatic heterocycles. The van der Waals surface area contributed by atoms with Crippen LogP contribution in [0, 0.1) is 11.6 Å². The second kappa shape index (κ2) is 7.39. The van der Waals surface area contributed by atoms with E-state index in [4.69, 9.17) is 4.74 Å². The van der Waals surface area contributed by atoms with Crippen molar-refractivity contribution in [3.05, 3.63) is 29.8 Å². The predicted octanol–water partition coefficient (Wildman–Crippen LogP) is -0.00630. The normalized spacial score (nSPS) is 11.6. The van der Waals surface area contributed by atoms with Crippen molar-refractivity contribution in [2.45, 2.75) is 6.10 Å². The number of halogens is 2. The molecule has 8 heteroatoms. The summed E-state index contributed by atoms with van der Waals surface area (Å²) in [6, 6.07) is 2.65. The molecule has 1 unspecified atom stereocenters. The summed E-state index contributed by atoms with van der Waals surface area (Å²) in [4.78, 5) is 22.2. The SMILES string of the molecule is COC(=O)C(O)CNC(=O)COc1ccc(F)cc1F. The molecule has 1 aromatic rings. The quantitative estimate of drug-likeness (QED) is 0.720. The zero-order valence-electron chi connectivity index (χ0n) is 10.6. The van der Waals surface area contributed by atoms with Gasteiger partial charge in [-0.2, -0.15) is 0 Å². The van der Waals surface area contributed by atoms with Crippen LogP contribution in [-0.4, -0.2) is 43.3 Å². The summed E-state index contributed by atoms with van der Waals surface area (Å²) in [5.41, 5.74) is 0. The van der Waals surface area contributed by atoms with E-state index in [1.807, 2.05) is 0 Å². The Bertz CT molecular complexity index is 495. The van der Waals surface area contributed by atoms with E-state index in [0.29, 0.717) is 6.07 Å². The lowest BCUT2D eigenvalue weighted by Crippen LogP contribution is -2.39. The Kier molecular flexibility index (Phi) is 5.85. The summed E-state index contributed by atoms with van der Waals surface area (Å²) in [7, 11) is 1.09. The average Bonchev–Trinajstić information content (AvgIpc) is 2.42. The van der Waals surface area contributed by atoms with E-state index in [9.17, 15) is 23.5 Å². The molecule has 0 fully saturated rings. The van der Waals surface area contributed by atoms with Crippen molar-refractivity contribution in [1.29, 1.82) is 0 Å². The number of nitrogens with one attached hydrogen (secondary N) is 1. The molecule has 0 aliphatic carbocycles. The highest BCUT2D eigenvalue weighted by Gasteiger charge is 2.16. The number of hydrogen-bond donors (Lipinski definition) is 2. The van der Waals surface area contributed by atoms with Gasteiger partial charge in [-0.25, -0.2) is 13.6 Å². The molecule has 0 bridgehead atoms. The average molecular weight is 289 g/mol. The maximum atomic E-state index is 13.2. The third-order valence-corrected chi connectivity index (χ3v) is 2.22. The van der Waals surface area contributed by atoms with Gasteiger partial charge in [0.15, 0.2) is 24.3 Å². The predicted molar refractivity (Wildman–Crippen MR) is 62.9 cm³/mol. The first-order chi connectivity index (χ1) is 9.43. The van der Waals surface area contributed by atoms with Crippen LogP contribution in [-0.2, 0) is 14.3 Å². The van der Waals surface area contributed by atoms with Gasteiger partial charge >= 0.3 is 5.97 Å². The fourth-order valence-electron chi connectivity index (χ4n) is 1.22. The number of carbonyl (C=O) groups is 2. The van der Waals surface area contributed by atoms with Gasteiger partial charge in [0, 0.05) is 6.07 Å².